The first-order chi connectivity index (χ1) is 7.54. The van der Waals surface area contributed by atoms with Crippen LogP contribution in [0.1, 0.15) is 26.2 Å². The van der Waals surface area contributed by atoms with Crippen molar-refractivity contribution < 1.29 is 19.4 Å². The van der Waals surface area contributed by atoms with Gasteiger partial charge in [-0.25, -0.2) is 0 Å². The molecule has 0 aliphatic carbocycles. The molecule has 1 aliphatic rings. The van der Waals surface area contributed by atoms with Crippen molar-refractivity contribution in [1.29, 1.82) is 0 Å². The molecule has 5 heteroatoms. The number of hydrogen-bond acceptors (Lipinski definition) is 3. The standard InChI is InChI=1S/C11H19NO4/c1-8-5-6-12(7-9(8)16-2)10(13)3-4-11(14)15/h8-9H,3-7H2,1-2H3,(H,14,15). The van der Waals surface area contributed by atoms with E-state index in [2.05, 4.69) is 6.92 Å². The molecule has 92 valence electrons. The maximum absolute atomic E-state index is 11.7. The van der Waals surface area contributed by atoms with Gasteiger partial charge in [0.1, 0.15) is 0 Å². The highest BCUT2D eigenvalue weighted by Gasteiger charge is 2.28. The van der Waals surface area contributed by atoms with Crippen LogP contribution in [-0.2, 0) is 14.3 Å². The van der Waals surface area contributed by atoms with Crippen molar-refractivity contribution in [3.63, 3.8) is 0 Å². The Morgan fingerprint density at radius 2 is 2.12 bits per heavy atom. The Labute approximate surface area is 95.4 Å². The van der Waals surface area contributed by atoms with Crippen LogP contribution in [0.15, 0.2) is 0 Å². The fourth-order valence-electron chi connectivity index (χ4n) is 1.94. The van der Waals surface area contributed by atoms with Crippen LogP contribution in [0.5, 0.6) is 0 Å². The van der Waals surface area contributed by atoms with Crippen molar-refractivity contribution >= 4 is 11.9 Å². The summed E-state index contributed by atoms with van der Waals surface area (Å²) in [6.07, 6.45) is 0.975. The van der Waals surface area contributed by atoms with Crippen LogP contribution in [0.2, 0.25) is 0 Å². The average molecular weight is 229 g/mol. The summed E-state index contributed by atoms with van der Waals surface area (Å²) >= 11 is 0. The Bertz CT molecular complexity index is 267. The maximum atomic E-state index is 11.7. The van der Waals surface area contributed by atoms with E-state index in [-0.39, 0.29) is 24.9 Å². The number of rotatable bonds is 4. The van der Waals surface area contributed by atoms with E-state index in [1.807, 2.05) is 0 Å². The van der Waals surface area contributed by atoms with E-state index in [4.69, 9.17) is 9.84 Å². The minimum atomic E-state index is -0.929. The third-order valence-electron chi connectivity index (χ3n) is 3.10. The van der Waals surface area contributed by atoms with Crippen molar-refractivity contribution in [2.45, 2.75) is 32.3 Å². The molecule has 0 bridgehead atoms. The van der Waals surface area contributed by atoms with Crippen molar-refractivity contribution in [3.05, 3.63) is 0 Å². The summed E-state index contributed by atoms with van der Waals surface area (Å²) in [5.74, 6) is -0.563. The first-order valence-corrected chi connectivity index (χ1v) is 5.57. The maximum Gasteiger partial charge on any atom is 0.303 e. The molecule has 1 fully saturated rings. The topological polar surface area (TPSA) is 66.8 Å². The third kappa shape index (κ3) is 3.48. The van der Waals surface area contributed by atoms with Gasteiger partial charge in [0.25, 0.3) is 0 Å². The molecule has 0 aromatic carbocycles. The molecule has 0 spiro atoms. The molecule has 1 N–H and O–H groups in total. The van der Waals surface area contributed by atoms with Crippen LogP contribution >= 0.6 is 0 Å². The Morgan fingerprint density at radius 3 is 2.69 bits per heavy atom. The predicted octanol–water partition coefficient (Wildman–Crippen LogP) is 0.735. The predicted molar refractivity (Wildman–Crippen MR) is 58.0 cm³/mol. The van der Waals surface area contributed by atoms with Gasteiger partial charge in [-0.3, -0.25) is 9.59 Å². The summed E-state index contributed by atoms with van der Waals surface area (Å²) in [5.41, 5.74) is 0. The lowest BCUT2D eigenvalue weighted by molar-refractivity contribution is -0.142. The highest BCUT2D eigenvalue weighted by atomic mass is 16.5. The molecule has 1 saturated heterocycles. The van der Waals surface area contributed by atoms with E-state index < -0.39 is 5.97 Å². The van der Waals surface area contributed by atoms with Crippen LogP contribution < -0.4 is 0 Å². The Kier molecular flexibility index (Phi) is 4.73. The zero-order valence-electron chi connectivity index (χ0n) is 9.81. The Morgan fingerprint density at radius 1 is 1.44 bits per heavy atom. The molecule has 0 radical (unpaired) electrons. The van der Waals surface area contributed by atoms with Crippen molar-refractivity contribution in [2.24, 2.45) is 5.92 Å². The molecule has 1 aliphatic heterocycles. The SMILES string of the molecule is COC1CN(C(=O)CCC(=O)O)CCC1C. The van der Waals surface area contributed by atoms with Crippen LogP contribution in [0.3, 0.4) is 0 Å². The number of carboxylic acids is 1. The largest absolute Gasteiger partial charge is 0.481 e. The number of hydrogen-bond donors (Lipinski definition) is 1. The number of likely N-dealkylation sites (tertiary alicyclic amines) is 1. The molecule has 16 heavy (non-hydrogen) atoms. The number of ether oxygens (including phenoxy) is 1. The quantitative estimate of drug-likeness (QED) is 0.772. The Hall–Kier alpha value is -1.10. The number of amides is 1. The van der Waals surface area contributed by atoms with Gasteiger partial charge in [0.05, 0.1) is 12.5 Å². The summed E-state index contributed by atoms with van der Waals surface area (Å²) in [5, 5.41) is 8.51. The number of carboxylic acid groups (broad SMARTS) is 1. The summed E-state index contributed by atoms with van der Waals surface area (Å²) in [7, 11) is 1.65. The zero-order chi connectivity index (χ0) is 12.1. The van der Waals surface area contributed by atoms with Gasteiger partial charge in [-0.15, -0.1) is 0 Å². The van der Waals surface area contributed by atoms with Gasteiger partial charge in [0.15, 0.2) is 0 Å². The Balaban J connectivity index is 2.42. The molecule has 1 rings (SSSR count). The fraction of sp³-hybridized carbons (Fsp3) is 0.818. The number of carbonyl (C=O) groups is 2. The van der Waals surface area contributed by atoms with E-state index in [1.54, 1.807) is 12.0 Å². The van der Waals surface area contributed by atoms with Gasteiger partial charge in [-0.2, -0.15) is 0 Å². The van der Waals surface area contributed by atoms with E-state index in [9.17, 15) is 9.59 Å². The minimum Gasteiger partial charge on any atom is -0.481 e. The van der Waals surface area contributed by atoms with Crippen LogP contribution in [-0.4, -0.2) is 48.2 Å². The lowest BCUT2D eigenvalue weighted by Crippen LogP contribution is -2.46. The lowest BCUT2D eigenvalue weighted by atomic mass is 9.95. The van der Waals surface area contributed by atoms with Gasteiger partial charge in [0.2, 0.25) is 5.91 Å². The zero-order valence-corrected chi connectivity index (χ0v) is 9.81. The summed E-state index contributed by atoms with van der Waals surface area (Å²) in [6.45, 7) is 3.39. The molecule has 2 atom stereocenters. The first-order valence-electron chi connectivity index (χ1n) is 5.57. The van der Waals surface area contributed by atoms with Gasteiger partial charge in [0, 0.05) is 26.6 Å². The summed E-state index contributed by atoms with van der Waals surface area (Å²) < 4.78 is 5.30. The second-order valence-electron chi connectivity index (χ2n) is 4.27. The lowest BCUT2D eigenvalue weighted by Gasteiger charge is -2.36. The van der Waals surface area contributed by atoms with Crippen molar-refractivity contribution in [3.8, 4) is 0 Å². The molecule has 2 unspecified atom stereocenters. The van der Waals surface area contributed by atoms with Crippen molar-refractivity contribution in [2.75, 3.05) is 20.2 Å². The molecule has 1 heterocycles. The van der Waals surface area contributed by atoms with E-state index in [1.165, 1.54) is 0 Å². The third-order valence-corrected chi connectivity index (χ3v) is 3.10. The fourth-order valence-corrected chi connectivity index (χ4v) is 1.94. The smallest absolute Gasteiger partial charge is 0.303 e. The van der Waals surface area contributed by atoms with Crippen LogP contribution in [0.4, 0.5) is 0 Å². The van der Waals surface area contributed by atoms with E-state index in [0.29, 0.717) is 19.0 Å². The van der Waals surface area contributed by atoms with Gasteiger partial charge >= 0.3 is 5.97 Å². The molecule has 0 aromatic rings. The molecular formula is C11H19NO4. The van der Waals surface area contributed by atoms with E-state index >= 15 is 0 Å². The second-order valence-corrected chi connectivity index (χ2v) is 4.27. The molecular weight excluding hydrogens is 210 g/mol. The van der Waals surface area contributed by atoms with Crippen molar-refractivity contribution in [1.82, 2.24) is 4.90 Å². The normalized spacial score (nSPS) is 25.5. The number of nitrogens with zero attached hydrogens (tertiary/aromatic N) is 1. The highest BCUT2D eigenvalue weighted by Crippen LogP contribution is 2.20. The second kappa shape index (κ2) is 5.84. The first kappa shape index (κ1) is 13.0. The number of methoxy groups -OCH3 is 1. The summed E-state index contributed by atoms with van der Waals surface area (Å²) in [6, 6.07) is 0. The minimum absolute atomic E-state index is 0.0718. The monoisotopic (exact) mass is 229 g/mol. The molecule has 0 saturated carbocycles. The number of aliphatic carboxylic acids is 1. The summed E-state index contributed by atoms with van der Waals surface area (Å²) in [4.78, 5) is 23.7. The molecule has 5 nitrogen and oxygen atoms in total. The van der Waals surface area contributed by atoms with Crippen LogP contribution in [0, 0.1) is 5.92 Å². The number of carbonyl (C=O) groups excluding carboxylic acids is 1. The molecule has 0 aromatic heterocycles. The van der Waals surface area contributed by atoms with E-state index in [0.717, 1.165) is 6.42 Å². The molecule has 1 amide bonds. The average Bonchev–Trinajstić information content (AvgIpc) is 2.26. The number of piperidine rings is 1. The highest BCUT2D eigenvalue weighted by molar-refractivity contribution is 5.80. The van der Waals surface area contributed by atoms with Gasteiger partial charge in [-0.1, -0.05) is 6.92 Å². The van der Waals surface area contributed by atoms with Gasteiger partial charge in [-0.05, 0) is 12.3 Å². The van der Waals surface area contributed by atoms with Gasteiger partial charge < -0.3 is 14.7 Å². The van der Waals surface area contributed by atoms with Crippen LogP contribution in [0.25, 0.3) is 0 Å².